The van der Waals surface area contributed by atoms with Gasteiger partial charge in [0.1, 0.15) is 0 Å². The lowest BCUT2D eigenvalue weighted by Gasteiger charge is -2.25. The zero-order valence-electron chi connectivity index (χ0n) is 8.79. The van der Waals surface area contributed by atoms with E-state index >= 15 is 0 Å². The van der Waals surface area contributed by atoms with Crippen LogP contribution in [0.4, 0.5) is 0 Å². The number of thiazole rings is 1. The molecule has 2 heterocycles. The van der Waals surface area contributed by atoms with E-state index in [1.807, 2.05) is 11.3 Å². The molecule has 1 aromatic heterocycles. The molecule has 0 saturated carbocycles. The molecule has 0 unspecified atom stereocenters. The number of rotatable bonds is 2. The molecule has 3 rings (SSSR count). The topological polar surface area (TPSA) is 24.9 Å². The second kappa shape index (κ2) is 3.58. The first-order valence-electron chi connectivity index (χ1n) is 5.38. The number of hydrogen-bond donors (Lipinski definition) is 1. The fourth-order valence-corrected chi connectivity index (χ4v) is 3.12. The Labute approximate surface area is 93.3 Å². The molecule has 0 radical (unpaired) electrons. The molecule has 0 spiro atoms. The van der Waals surface area contributed by atoms with Gasteiger partial charge in [-0.3, -0.25) is 0 Å². The first-order valence-corrected chi connectivity index (χ1v) is 6.20. The second-order valence-corrected chi connectivity index (χ2v) is 5.37. The smallest absolute Gasteiger partial charge is 0.0942 e. The van der Waals surface area contributed by atoms with Crippen molar-refractivity contribution in [3.8, 4) is 0 Å². The molecule has 2 nitrogen and oxygen atoms in total. The minimum Gasteiger partial charge on any atom is -0.316 e. The van der Waals surface area contributed by atoms with Gasteiger partial charge in [0.25, 0.3) is 0 Å². The van der Waals surface area contributed by atoms with E-state index in [1.165, 1.54) is 20.8 Å². The lowest BCUT2D eigenvalue weighted by Crippen LogP contribution is -2.43. The van der Waals surface area contributed by atoms with Crippen LogP contribution in [0.3, 0.4) is 0 Å². The number of nitrogens with zero attached hydrogens (tertiary/aromatic N) is 1. The molecule has 15 heavy (non-hydrogen) atoms. The van der Waals surface area contributed by atoms with Crippen LogP contribution in [0.25, 0.3) is 10.2 Å². The van der Waals surface area contributed by atoms with Gasteiger partial charge in [-0.15, -0.1) is 11.3 Å². The fourth-order valence-electron chi connectivity index (χ4n) is 1.96. The molecule has 0 amide bonds. The van der Waals surface area contributed by atoms with Crippen LogP contribution in [-0.2, 0) is 6.42 Å². The summed E-state index contributed by atoms with van der Waals surface area (Å²) in [5.41, 5.74) is 2.49. The zero-order chi connectivity index (χ0) is 10.3. The predicted octanol–water partition coefficient (Wildman–Crippen LogP) is 2.37. The van der Waals surface area contributed by atoms with Crippen LogP contribution < -0.4 is 5.32 Å². The Balaban J connectivity index is 1.95. The van der Waals surface area contributed by atoms with Crippen LogP contribution in [0.5, 0.6) is 0 Å². The molecule has 1 fully saturated rings. The summed E-state index contributed by atoms with van der Waals surface area (Å²) < 4.78 is 1.33. The summed E-state index contributed by atoms with van der Waals surface area (Å²) in [5.74, 6) is 0.811. The van der Waals surface area contributed by atoms with Gasteiger partial charge >= 0.3 is 0 Å². The lowest BCUT2D eigenvalue weighted by molar-refractivity contribution is 0.346. The number of nitrogens with one attached hydrogen (secondary N) is 1. The third-order valence-electron chi connectivity index (χ3n) is 2.99. The molecule has 0 aliphatic carbocycles. The Morgan fingerprint density at radius 3 is 3.00 bits per heavy atom. The Morgan fingerprint density at radius 1 is 1.47 bits per heavy atom. The van der Waals surface area contributed by atoms with Gasteiger partial charge in [0, 0.05) is 6.42 Å². The predicted molar refractivity (Wildman–Crippen MR) is 64.4 cm³/mol. The van der Waals surface area contributed by atoms with Gasteiger partial charge in [0.05, 0.1) is 15.2 Å². The van der Waals surface area contributed by atoms with Gasteiger partial charge in [-0.1, -0.05) is 12.1 Å². The monoisotopic (exact) mass is 218 g/mol. The molecular weight excluding hydrogens is 204 g/mol. The molecule has 1 saturated heterocycles. The van der Waals surface area contributed by atoms with Gasteiger partial charge in [0.2, 0.25) is 0 Å². The van der Waals surface area contributed by atoms with Crippen LogP contribution in [-0.4, -0.2) is 18.1 Å². The van der Waals surface area contributed by atoms with E-state index in [4.69, 9.17) is 4.98 Å². The maximum absolute atomic E-state index is 4.72. The van der Waals surface area contributed by atoms with Gasteiger partial charge < -0.3 is 5.32 Å². The quantitative estimate of drug-likeness (QED) is 0.837. The van der Waals surface area contributed by atoms with E-state index < -0.39 is 0 Å². The third-order valence-corrected chi connectivity index (χ3v) is 4.04. The molecule has 1 aromatic carbocycles. The van der Waals surface area contributed by atoms with Crippen molar-refractivity contribution < 1.29 is 0 Å². The van der Waals surface area contributed by atoms with Crippen LogP contribution in [0.15, 0.2) is 18.2 Å². The summed E-state index contributed by atoms with van der Waals surface area (Å²) in [7, 11) is 0. The molecule has 2 aromatic rings. The lowest BCUT2D eigenvalue weighted by atomic mass is 10.0. The minimum absolute atomic E-state index is 0.811. The van der Waals surface area contributed by atoms with Crippen molar-refractivity contribution in [3.63, 3.8) is 0 Å². The normalized spacial score (nSPS) is 16.9. The van der Waals surface area contributed by atoms with Crippen LogP contribution in [0.2, 0.25) is 0 Å². The van der Waals surface area contributed by atoms with Crippen molar-refractivity contribution in [1.29, 1.82) is 0 Å². The van der Waals surface area contributed by atoms with Crippen molar-refractivity contribution in [1.82, 2.24) is 10.3 Å². The highest BCUT2D eigenvalue weighted by molar-refractivity contribution is 7.18. The minimum atomic E-state index is 0.811. The molecule has 0 atom stereocenters. The van der Waals surface area contributed by atoms with Crippen LogP contribution in [0, 0.1) is 12.8 Å². The van der Waals surface area contributed by atoms with E-state index in [0.717, 1.165) is 25.4 Å². The summed E-state index contributed by atoms with van der Waals surface area (Å²) >= 11 is 1.85. The number of para-hydroxylation sites is 1. The van der Waals surface area contributed by atoms with E-state index in [0.29, 0.717) is 0 Å². The highest BCUT2D eigenvalue weighted by atomic mass is 32.1. The SMILES string of the molecule is Cc1cccc2sc(CC3CNC3)nc12. The fraction of sp³-hybridized carbons (Fsp3) is 0.417. The first-order chi connectivity index (χ1) is 7.33. The highest BCUT2D eigenvalue weighted by Crippen LogP contribution is 2.26. The Morgan fingerprint density at radius 2 is 2.33 bits per heavy atom. The molecule has 1 aliphatic rings. The number of fused-ring (bicyclic) bond motifs is 1. The van der Waals surface area contributed by atoms with Gasteiger partial charge in [-0.05, 0) is 37.6 Å². The van der Waals surface area contributed by atoms with Gasteiger partial charge in [0.15, 0.2) is 0 Å². The summed E-state index contributed by atoms with van der Waals surface area (Å²) in [6, 6.07) is 6.42. The van der Waals surface area contributed by atoms with Gasteiger partial charge in [-0.2, -0.15) is 0 Å². The molecule has 0 bridgehead atoms. The van der Waals surface area contributed by atoms with Crippen molar-refractivity contribution in [2.24, 2.45) is 5.92 Å². The molecule has 78 valence electrons. The van der Waals surface area contributed by atoms with Crippen LogP contribution >= 0.6 is 11.3 Å². The van der Waals surface area contributed by atoms with E-state index in [1.54, 1.807) is 0 Å². The van der Waals surface area contributed by atoms with E-state index in [-0.39, 0.29) is 0 Å². The van der Waals surface area contributed by atoms with E-state index in [2.05, 4.69) is 30.4 Å². The average molecular weight is 218 g/mol. The number of benzene rings is 1. The summed E-state index contributed by atoms with van der Waals surface area (Å²) in [4.78, 5) is 4.72. The zero-order valence-corrected chi connectivity index (χ0v) is 9.60. The summed E-state index contributed by atoms with van der Waals surface area (Å²) in [6.45, 7) is 4.46. The average Bonchev–Trinajstić information content (AvgIpc) is 2.56. The number of hydrogen-bond acceptors (Lipinski definition) is 3. The molecule has 1 aliphatic heterocycles. The Bertz CT molecular complexity index is 485. The molecule has 3 heteroatoms. The van der Waals surface area contributed by atoms with Crippen molar-refractivity contribution >= 4 is 21.6 Å². The summed E-state index contributed by atoms with van der Waals surface area (Å²) in [5, 5.41) is 4.60. The maximum atomic E-state index is 4.72. The largest absolute Gasteiger partial charge is 0.316 e. The standard InChI is InChI=1S/C12H14N2S/c1-8-3-2-4-10-12(8)14-11(15-10)5-9-6-13-7-9/h2-4,9,13H,5-7H2,1H3. The highest BCUT2D eigenvalue weighted by Gasteiger charge is 2.19. The third kappa shape index (κ3) is 1.66. The Kier molecular flexibility index (Phi) is 2.22. The van der Waals surface area contributed by atoms with Crippen molar-refractivity contribution in [2.75, 3.05) is 13.1 Å². The second-order valence-electron chi connectivity index (χ2n) is 4.26. The Hall–Kier alpha value is -0.930. The first kappa shape index (κ1) is 9.31. The number of aromatic nitrogens is 1. The van der Waals surface area contributed by atoms with Crippen molar-refractivity contribution in [2.45, 2.75) is 13.3 Å². The van der Waals surface area contributed by atoms with Crippen molar-refractivity contribution in [3.05, 3.63) is 28.8 Å². The molecule has 1 N–H and O–H groups in total. The van der Waals surface area contributed by atoms with E-state index in [9.17, 15) is 0 Å². The number of aryl methyl sites for hydroxylation is 1. The molecular formula is C12H14N2S. The maximum Gasteiger partial charge on any atom is 0.0942 e. The van der Waals surface area contributed by atoms with Gasteiger partial charge in [-0.25, -0.2) is 4.98 Å². The summed E-state index contributed by atoms with van der Waals surface area (Å²) in [6.07, 6.45) is 1.14. The van der Waals surface area contributed by atoms with Crippen LogP contribution in [0.1, 0.15) is 10.6 Å².